The Morgan fingerprint density at radius 3 is 2.81 bits per heavy atom. The molecular formula is C22H27FN5O7P. The fraction of sp³-hybridized carbons (Fsp3) is 0.409. The van der Waals surface area contributed by atoms with Crippen LogP contribution in [0.5, 0.6) is 5.75 Å². The van der Waals surface area contributed by atoms with Crippen LogP contribution < -0.4 is 15.3 Å². The van der Waals surface area contributed by atoms with Crippen molar-refractivity contribution in [1.82, 2.24) is 19.7 Å². The zero-order valence-corrected chi connectivity index (χ0v) is 20.5. The van der Waals surface area contributed by atoms with Gasteiger partial charge >= 0.3 is 13.7 Å². The van der Waals surface area contributed by atoms with Crippen LogP contribution in [0, 0.1) is 0 Å². The maximum Gasteiger partial charge on any atom is 0.459 e. The van der Waals surface area contributed by atoms with Crippen LogP contribution in [0.4, 0.5) is 10.2 Å². The summed E-state index contributed by atoms with van der Waals surface area (Å²) in [5.74, 6) is -0.262. The fourth-order valence-corrected chi connectivity index (χ4v) is 5.23. The number of halogens is 1. The molecule has 0 spiro atoms. The summed E-state index contributed by atoms with van der Waals surface area (Å²) < 4.78 is 51.8. The number of benzene rings is 1. The Hall–Kier alpha value is -3.09. The van der Waals surface area contributed by atoms with Crippen LogP contribution in [0.2, 0.25) is 0 Å². The number of aromatic nitrogens is 3. The molecule has 0 radical (unpaired) electrons. The minimum atomic E-state index is -4.21. The number of ether oxygens (including phenoxy) is 2. The first-order valence-corrected chi connectivity index (χ1v) is 12.8. The third-order valence-corrected chi connectivity index (χ3v) is 7.13. The number of hydrogen-bond donors (Lipinski definition) is 3. The number of carbonyl (C=O) groups excluding carboxylic acids is 1. The molecule has 36 heavy (non-hydrogen) atoms. The second kappa shape index (κ2) is 10.9. The molecular weight excluding hydrogens is 496 g/mol. The topological polar surface area (TPSA) is 160 Å². The van der Waals surface area contributed by atoms with Crippen molar-refractivity contribution >= 4 is 25.1 Å². The largest absolute Gasteiger partial charge is 0.465 e. The second-order valence-electron chi connectivity index (χ2n) is 8.03. The van der Waals surface area contributed by atoms with Gasteiger partial charge in [0, 0.05) is 0 Å². The predicted octanol–water partition coefficient (Wildman–Crippen LogP) is 2.20. The van der Waals surface area contributed by atoms with Gasteiger partial charge in [0.1, 0.15) is 41.9 Å². The van der Waals surface area contributed by atoms with Crippen molar-refractivity contribution in [2.45, 2.75) is 44.4 Å². The van der Waals surface area contributed by atoms with Crippen LogP contribution in [-0.4, -0.2) is 63.3 Å². The number of fused-ring (bicyclic) bond motifs is 1. The molecule has 4 N–H and O–H groups in total. The van der Waals surface area contributed by atoms with Gasteiger partial charge in [-0.25, -0.2) is 18.5 Å². The summed E-state index contributed by atoms with van der Waals surface area (Å²) in [4.78, 5) is 16.0. The number of anilines is 1. The van der Waals surface area contributed by atoms with E-state index < -0.39 is 50.8 Å². The highest BCUT2D eigenvalue weighted by Crippen LogP contribution is 2.46. The lowest BCUT2D eigenvalue weighted by Crippen LogP contribution is -2.37. The van der Waals surface area contributed by atoms with E-state index in [-0.39, 0.29) is 18.2 Å². The van der Waals surface area contributed by atoms with E-state index in [2.05, 4.69) is 15.2 Å². The lowest BCUT2D eigenvalue weighted by atomic mass is 10.1. The fourth-order valence-electron chi connectivity index (χ4n) is 3.73. The highest BCUT2D eigenvalue weighted by Gasteiger charge is 2.47. The summed E-state index contributed by atoms with van der Waals surface area (Å²) in [7, 11) is -4.21. The first-order valence-electron chi connectivity index (χ1n) is 11.2. The number of nitrogens with two attached hydrogens (primary N) is 1. The Bertz CT molecular complexity index is 1250. The molecule has 3 aromatic rings. The number of aliphatic hydroxyl groups is 1. The van der Waals surface area contributed by atoms with Gasteiger partial charge in [-0.05, 0) is 38.1 Å². The molecule has 1 saturated heterocycles. The van der Waals surface area contributed by atoms with Gasteiger partial charge in [-0.2, -0.15) is 10.2 Å². The number of nitrogen functional groups attached to an aromatic ring is 1. The molecule has 1 aliphatic rings. The maximum atomic E-state index is 15.1. The summed E-state index contributed by atoms with van der Waals surface area (Å²) in [6, 6.07) is 10.3. The Morgan fingerprint density at radius 2 is 2.08 bits per heavy atom. The van der Waals surface area contributed by atoms with Crippen molar-refractivity contribution in [1.29, 1.82) is 0 Å². The number of esters is 1. The predicted molar refractivity (Wildman–Crippen MR) is 126 cm³/mol. The Morgan fingerprint density at radius 1 is 1.33 bits per heavy atom. The van der Waals surface area contributed by atoms with Gasteiger partial charge in [-0.15, -0.1) is 0 Å². The molecule has 0 saturated carbocycles. The summed E-state index contributed by atoms with van der Waals surface area (Å²) in [6.07, 6.45) is -4.63. The van der Waals surface area contributed by atoms with Crippen LogP contribution >= 0.6 is 7.75 Å². The van der Waals surface area contributed by atoms with Crippen molar-refractivity contribution in [2.24, 2.45) is 0 Å². The Kier molecular flexibility index (Phi) is 7.86. The van der Waals surface area contributed by atoms with E-state index >= 15 is 4.39 Å². The van der Waals surface area contributed by atoms with Crippen LogP contribution in [-0.2, 0) is 23.4 Å². The van der Waals surface area contributed by atoms with Crippen molar-refractivity contribution in [3.63, 3.8) is 0 Å². The number of hydrogen-bond acceptors (Lipinski definition) is 10. The molecule has 6 atom stereocenters. The number of alkyl halides is 1. The number of rotatable bonds is 10. The van der Waals surface area contributed by atoms with Gasteiger partial charge in [0.25, 0.3) is 0 Å². The highest BCUT2D eigenvalue weighted by atomic mass is 31.2. The van der Waals surface area contributed by atoms with E-state index in [1.807, 2.05) is 0 Å². The number of nitrogens with one attached hydrogen (secondary N) is 1. The monoisotopic (exact) mass is 523 g/mol. The van der Waals surface area contributed by atoms with Gasteiger partial charge in [0.05, 0.1) is 18.9 Å². The van der Waals surface area contributed by atoms with E-state index in [4.69, 9.17) is 24.3 Å². The molecule has 4 rings (SSSR count). The van der Waals surface area contributed by atoms with E-state index in [0.29, 0.717) is 11.2 Å². The van der Waals surface area contributed by atoms with Crippen molar-refractivity contribution in [3.05, 3.63) is 54.5 Å². The molecule has 1 unspecified atom stereocenters. The van der Waals surface area contributed by atoms with Gasteiger partial charge < -0.3 is 24.8 Å². The smallest absolute Gasteiger partial charge is 0.459 e. The zero-order chi connectivity index (χ0) is 25.9. The van der Waals surface area contributed by atoms with Gasteiger partial charge in [0.15, 0.2) is 12.0 Å². The highest BCUT2D eigenvalue weighted by molar-refractivity contribution is 7.52. The average molecular weight is 523 g/mol. The number of aliphatic hydroxyl groups excluding tert-OH is 1. The molecule has 1 fully saturated rings. The first-order chi connectivity index (χ1) is 17.2. The standard InChI is InChI=1S/C22H27FN5O7P/c1-3-32-22(30)13(2)27-36(31,35-14-7-5-4-6-8-14)33-11-17-19(29)18(23)20(34-17)15-9-10-16-21(24)25-12-26-28(15)16/h4-10,12-13,17-20,29H,3,11H2,1-2H3,(H,27,31)(H2,24,25,26)/t13-,17+,18+,19+,20-,36?/m0/s1. The van der Waals surface area contributed by atoms with Gasteiger partial charge in [-0.3, -0.25) is 9.32 Å². The van der Waals surface area contributed by atoms with E-state index in [1.165, 1.54) is 17.8 Å². The molecule has 194 valence electrons. The Labute approximate surface area is 206 Å². The van der Waals surface area contributed by atoms with Crippen molar-refractivity contribution in [3.8, 4) is 5.75 Å². The minimum absolute atomic E-state index is 0.127. The van der Waals surface area contributed by atoms with Crippen LogP contribution in [0.3, 0.4) is 0 Å². The van der Waals surface area contributed by atoms with Crippen LogP contribution in [0.15, 0.2) is 48.8 Å². The SMILES string of the molecule is CCOC(=O)[C@H](C)NP(=O)(OC[C@H]1O[C@@H](c2ccc3c(N)ncnn23)[C@H](F)[C@@H]1O)Oc1ccccc1. The lowest BCUT2D eigenvalue weighted by molar-refractivity contribution is -0.144. The summed E-state index contributed by atoms with van der Waals surface area (Å²) in [6.45, 7) is 2.69. The second-order valence-corrected chi connectivity index (χ2v) is 9.72. The zero-order valence-electron chi connectivity index (χ0n) is 19.6. The van der Waals surface area contributed by atoms with E-state index in [9.17, 15) is 14.5 Å². The van der Waals surface area contributed by atoms with Crippen LogP contribution in [0.25, 0.3) is 5.52 Å². The number of carbonyl (C=O) groups is 1. The van der Waals surface area contributed by atoms with Gasteiger partial charge in [-0.1, -0.05) is 18.2 Å². The van der Waals surface area contributed by atoms with Gasteiger partial charge in [0.2, 0.25) is 0 Å². The molecule has 2 aromatic heterocycles. The molecule has 0 aliphatic carbocycles. The molecule has 14 heteroatoms. The van der Waals surface area contributed by atoms with Crippen molar-refractivity contribution < 1.29 is 37.4 Å². The lowest BCUT2D eigenvalue weighted by Gasteiger charge is -2.24. The molecule has 1 aromatic carbocycles. The van der Waals surface area contributed by atoms with Crippen LogP contribution in [0.1, 0.15) is 25.6 Å². The average Bonchev–Trinajstić information content (AvgIpc) is 3.40. The third kappa shape index (κ3) is 5.50. The third-order valence-electron chi connectivity index (χ3n) is 5.49. The molecule has 0 amide bonds. The molecule has 0 bridgehead atoms. The van der Waals surface area contributed by atoms with E-state index in [0.717, 1.165) is 0 Å². The minimum Gasteiger partial charge on any atom is -0.465 e. The maximum absolute atomic E-state index is 15.1. The Balaban J connectivity index is 1.50. The molecule has 12 nitrogen and oxygen atoms in total. The van der Waals surface area contributed by atoms with Crippen molar-refractivity contribution in [2.75, 3.05) is 18.9 Å². The quantitative estimate of drug-likeness (QED) is 0.264. The first kappa shape index (κ1) is 26.0. The molecule has 1 aliphatic heterocycles. The summed E-state index contributed by atoms with van der Waals surface area (Å²) in [5, 5.41) is 17.1. The van der Waals surface area contributed by atoms with E-state index in [1.54, 1.807) is 49.4 Å². The molecule has 3 heterocycles. The summed E-state index contributed by atoms with van der Waals surface area (Å²) in [5.41, 5.74) is 6.60. The normalized spacial score (nSPS) is 24.3. The number of para-hydroxylation sites is 1. The summed E-state index contributed by atoms with van der Waals surface area (Å²) >= 11 is 0. The number of nitrogens with zero attached hydrogens (tertiary/aromatic N) is 3.